The fourth-order valence-electron chi connectivity index (χ4n) is 0. The summed E-state index contributed by atoms with van der Waals surface area (Å²) in [4.78, 5) is 0. The molecule has 0 atom stereocenters. The first-order chi connectivity index (χ1) is 1.91. The van der Waals surface area contributed by atoms with Crippen LogP contribution in [0.25, 0.3) is 5.41 Å². The molecule has 0 amide bonds. The molecule has 0 saturated carbocycles. The van der Waals surface area contributed by atoms with E-state index in [1.165, 1.54) is 6.08 Å². The third-order valence-electron chi connectivity index (χ3n) is 0.129. The Morgan fingerprint density at radius 3 is 1.57 bits per heavy atom. The van der Waals surface area contributed by atoms with Gasteiger partial charge in [-0.2, -0.15) is 0 Å². The summed E-state index contributed by atoms with van der Waals surface area (Å²) in [5.74, 6) is 1.81. The van der Waals surface area contributed by atoms with Gasteiger partial charge in [0.05, 0.1) is 0 Å². The van der Waals surface area contributed by atoms with E-state index < -0.39 is 0 Å². The minimum Gasteiger partial charge on any atom is -1.00 e. The zero-order chi connectivity index (χ0) is 3.41. The summed E-state index contributed by atoms with van der Waals surface area (Å²) in [6, 6.07) is 0. The molecule has 0 aromatic rings. The molecule has 1 nitrogen and oxygen atoms in total. The van der Waals surface area contributed by atoms with Crippen molar-refractivity contribution in [3.63, 3.8) is 0 Å². The van der Waals surface area contributed by atoms with Crippen molar-refractivity contribution in [2.75, 3.05) is 0 Å². The van der Waals surface area contributed by atoms with Crippen molar-refractivity contribution in [3.8, 4) is 0 Å². The second-order valence-corrected chi connectivity index (χ2v) is 0.418. The van der Waals surface area contributed by atoms with Crippen LogP contribution in [0.2, 0.25) is 0 Å². The number of halogens is 2. The number of rotatable bonds is 0. The van der Waals surface area contributed by atoms with Crippen molar-refractivity contribution in [1.29, 1.82) is 0 Å². The molecule has 0 bridgehead atoms. The summed E-state index contributed by atoms with van der Waals surface area (Å²) in [7, 11) is 0. The van der Waals surface area contributed by atoms with Gasteiger partial charge in [0.25, 0.3) is 0 Å². The topological polar surface area (TPSA) is 22.3 Å². The average molecular weight is 265 g/mol. The minimum absolute atomic E-state index is 0. The molecule has 0 heterocycles. The third-order valence-corrected chi connectivity index (χ3v) is 0.129. The van der Waals surface area contributed by atoms with E-state index in [2.05, 4.69) is 0 Å². The van der Waals surface area contributed by atoms with Crippen LogP contribution in [0.3, 0.4) is 0 Å². The maximum atomic E-state index is 7.57. The standard InChI is InChI=1S/C3H4N.Ce.2ClH/c1-2-3-4;;;/h2H,1H3;;2*1H/q-1;+3;;/p-2. The predicted octanol–water partition coefficient (Wildman–Crippen LogP) is -5.19. The first kappa shape index (κ1) is 23.7. The van der Waals surface area contributed by atoms with Gasteiger partial charge >= 0.3 is 41.7 Å². The molecule has 0 N–H and O–H groups in total. The van der Waals surface area contributed by atoms with E-state index in [4.69, 9.17) is 5.41 Å². The Labute approximate surface area is 89.7 Å². The summed E-state index contributed by atoms with van der Waals surface area (Å²) in [5, 5.41) is 7.57. The SMILES string of the molecule is CC=C=[N-].[Ce+3].[Cl-].[Cl-]. The largest absolute Gasteiger partial charge is 3.00 e. The molecule has 0 fully saturated rings. The van der Waals surface area contributed by atoms with Crippen molar-refractivity contribution in [2.24, 2.45) is 0 Å². The van der Waals surface area contributed by atoms with E-state index in [1.54, 1.807) is 12.8 Å². The van der Waals surface area contributed by atoms with E-state index in [-0.39, 0.29) is 66.6 Å². The number of nitrogens with zero attached hydrogens (tertiary/aromatic N) is 1. The van der Waals surface area contributed by atoms with E-state index in [0.717, 1.165) is 0 Å². The van der Waals surface area contributed by atoms with Crippen LogP contribution in [-0.4, -0.2) is 5.87 Å². The van der Waals surface area contributed by atoms with Gasteiger partial charge in [0.1, 0.15) is 0 Å². The maximum absolute atomic E-state index is 7.57. The van der Waals surface area contributed by atoms with Gasteiger partial charge in [0.2, 0.25) is 0 Å². The molecule has 0 spiro atoms. The molecule has 0 aromatic heterocycles. The molecule has 0 aliphatic rings. The van der Waals surface area contributed by atoms with E-state index in [0.29, 0.717) is 0 Å². The Balaban J connectivity index is -0.0000000150. The Bertz CT molecular complexity index is 50.9. The number of hydrogen-bond donors (Lipinski definition) is 0. The molecular formula is C3H4CeCl2N. The van der Waals surface area contributed by atoms with Gasteiger partial charge in [-0.25, -0.2) is 0 Å². The van der Waals surface area contributed by atoms with Crippen LogP contribution in [0.1, 0.15) is 6.92 Å². The summed E-state index contributed by atoms with van der Waals surface area (Å²) in [6.45, 7) is 1.69. The molecule has 0 saturated heterocycles. The minimum atomic E-state index is 0. The predicted molar refractivity (Wildman–Crippen MR) is 18.6 cm³/mol. The second kappa shape index (κ2) is 26.2. The van der Waals surface area contributed by atoms with Gasteiger partial charge in [-0.3, -0.25) is 5.87 Å². The second-order valence-electron chi connectivity index (χ2n) is 0.418. The number of hydrogen-bond acceptors (Lipinski definition) is 0. The van der Waals surface area contributed by atoms with Gasteiger partial charge in [0, 0.05) is 0 Å². The summed E-state index contributed by atoms with van der Waals surface area (Å²) < 4.78 is 0. The van der Waals surface area contributed by atoms with Crippen molar-refractivity contribution in [2.45, 2.75) is 6.92 Å². The summed E-state index contributed by atoms with van der Waals surface area (Å²) in [5.41, 5.74) is 0. The van der Waals surface area contributed by atoms with Gasteiger partial charge in [-0.05, 0) is 6.92 Å². The van der Waals surface area contributed by atoms with E-state index >= 15 is 0 Å². The first-order valence-electron chi connectivity index (χ1n) is 1.09. The normalized spacial score (nSPS) is 2.43. The molecule has 0 rings (SSSR count). The van der Waals surface area contributed by atoms with Crippen LogP contribution in [-0.2, 0) is 0 Å². The van der Waals surface area contributed by atoms with Gasteiger partial charge < -0.3 is 30.2 Å². The molecule has 0 unspecified atom stereocenters. The molecular weight excluding hydrogens is 261 g/mol. The Kier molecular flexibility index (Phi) is 88.9. The van der Waals surface area contributed by atoms with Gasteiger partial charge in [0.15, 0.2) is 0 Å². The van der Waals surface area contributed by atoms with E-state index in [9.17, 15) is 0 Å². The maximum Gasteiger partial charge on any atom is 3.00 e. The van der Waals surface area contributed by atoms with E-state index in [1.807, 2.05) is 0 Å². The molecule has 0 aliphatic carbocycles. The summed E-state index contributed by atoms with van der Waals surface area (Å²) in [6.07, 6.45) is 1.43. The van der Waals surface area contributed by atoms with Crippen molar-refractivity contribution in [3.05, 3.63) is 11.5 Å². The molecule has 4 heteroatoms. The molecule has 1 radical (unpaired) electrons. The van der Waals surface area contributed by atoms with Gasteiger partial charge in [-0.1, -0.05) is 6.08 Å². The van der Waals surface area contributed by atoms with Crippen LogP contribution < -0.4 is 24.8 Å². The fourth-order valence-corrected chi connectivity index (χ4v) is 0. The van der Waals surface area contributed by atoms with Crippen LogP contribution in [0, 0.1) is 41.7 Å². The monoisotopic (exact) mass is 264 g/mol. The molecule has 0 aromatic carbocycles. The van der Waals surface area contributed by atoms with Crippen LogP contribution in [0.5, 0.6) is 0 Å². The Morgan fingerprint density at radius 1 is 1.43 bits per heavy atom. The Hall–Kier alpha value is 1.41. The van der Waals surface area contributed by atoms with Gasteiger partial charge in [-0.15, -0.1) is 0 Å². The summed E-state index contributed by atoms with van der Waals surface area (Å²) >= 11 is 0. The fraction of sp³-hybridized carbons (Fsp3) is 0.333. The van der Waals surface area contributed by atoms with Crippen LogP contribution >= 0.6 is 0 Å². The average Bonchev–Trinajstić information content (AvgIpc) is 1.37. The van der Waals surface area contributed by atoms with Crippen LogP contribution in [0.4, 0.5) is 0 Å². The van der Waals surface area contributed by atoms with Crippen molar-refractivity contribution in [1.82, 2.24) is 0 Å². The van der Waals surface area contributed by atoms with Crippen molar-refractivity contribution < 1.29 is 66.6 Å². The molecule has 0 aliphatic heterocycles. The Morgan fingerprint density at radius 2 is 1.57 bits per heavy atom. The zero-order valence-electron chi connectivity index (χ0n) is 3.78. The number of allylic oxidation sites excluding steroid dienone is 1. The van der Waals surface area contributed by atoms with Crippen molar-refractivity contribution >= 4 is 5.87 Å². The first-order valence-corrected chi connectivity index (χ1v) is 1.09. The molecule has 39 valence electrons. The third kappa shape index (κ3) is 37.4. The van der Waals surface area contributed by atoms with Crippen LogP contribution in [0.15, 0.2) is 6.08 Å². The smallest absolute Gasteiger partial charge is 1.00 e. The zero-order valence-corrected chi connectivity index (χ0v) is 8.43. The quantitative estimate of drug-likeness (QED) is 0.391. The molecule has 7 heavy (non-hydrogen) atoms.